The van der Waals surface area contributed by atoms with Gasteiger partial charge in [0.05, 0.1) is 10.6 Å². The zero-order chi connectivity index (χ0) is 14.9. The predicted molar refractivity (Wildman–Crippen MR) is 80.5 cm³/mol. The maximum Gasteiger partial charge on any atom is 0.262 e. The summed E-state index contributed by atoms with van der Waals surface area (Å²) in [6, 6.07) is 8.52. The van der Waals surface area contributed by atoms with Crippen LogP contribution in [0.15, 0.2) is 45.8 Å². The third kappa shape index (κ3) is 3.29. The molecule has 0 aliphatic rings. The molecule has 0 aliphatic heterocycles. The molecule has 0 fully saturated rings. The van der Waals surface area contributed by atoms with Crippen LogP contribution in [0.1, 0.15) is 5.56 Å². The molecule has 0 amide bonds. The second-order valence-corrected chi connectivity index (χ2v) is 6.91. The smallest absolute Gasteiger partial charge is 0.262 e. The number of halogens is 2. The lowest BCUT2D eigenvalue weighted by atomic mass is 10.2. The highest BCUT2D eigenvalue weighted by Crippen LogP contribution is 2.23. The number of nitrogens with one attached hydrogen (secondary N) is 1. The molecule has 3 N–H and O–H groups in total. The highest BCUT2D eigenvalue weighted by atomic mass is 79.9. The third-order valence-electron chi connectivity index (χ3n) is 2.56. The van der Waals surface area contributed by atoms with Gasteiger partial charge in [0.1, 0.15) is 5.82 Å². The van der Waals surface area contributed by atoms with Gasteiger partial charge in [0.15, 0.2) is 0 Å². The zero-order valence-electron chi connectivity index (χ0n) is 10.5. The van der Waals surface area contributed by atoms with Crippen LogP contribution >= 0.6 is 15.9 Å². The molecular formula is C13H12BrFN2O2S. The average Bonchev–Trinajstić information content (AvgIpc) is 2.31. The first-order valence-corrected chi connectivity index (χ1v) is 7.90. The lowest BCUT2D eigenvalue weighted by Gasteiger charge is -2.10. The number of nitrogen functional groups attached to an aromatic ring is 1. The molecule has 2 rings (SSSR count). The second-order valence-electron chi connectivity index (χ2n) is 4.31. The van der Waals surface area contributed by atoms with Crippen LogP contribution in [0.3, 0.4) is 0 Å². The summed E-state index contributed by atoms with van der Waals surface area (Å²) in [5, 5.41) is 0. The first-order valence-electron chi connectivity index (χ1n) is 5.63. The van der Waals surface area contributed by atoms with Gasteiger partial charge in [-0.3, -0.25) is 4.72 Å². The van der Waals surface area contributed by atoms with Crippen LogP contribution < -0.4 is 10.5 Å². The summed E-state index contributed by atoms with van der Waals surface area (Å²) in [5.41, 5.74) is 6.55. The minimum Gasteiger partial charge on any atom is -0.399 e. The van der Waals surface area contributed by atoms with Crippen LogP contribution in [0.5, 0.6) is 0 Å². The average molecular weight is 359 g/mol. The van der Waals surface area contributed by atoms with E-state index >= 15 is 0 Å². The Balaban J connectivity index is 2.40. The molecule has 4 nitrogen and oxygen atoms in total. The van der Waals surface area contributed by atoms with E-state index in [4.69, 9.17) is 5.73 Å². The molecule has 0 spiro atoms. The third-order valence-corrected chi connectivity index (χ3v) is 4.40. The van der Waals surface area contributed by atoms with Crippen LogP contribution in [-0.4, -0.2) is 8.42 Å². The van der Waals surface area contributed by atoms with E-state index in [0.29, 0.717) is 15.7 Å². The number of hydrogen-bond acceptors (Lipinski definition) is 3. The molecule has 0 aliphatic carbocycles. The van der Waals surface area contributed by atoms with Gasteiger partial charge in [-0.2, -0.15) is 0 Å². The molecular weight excluding hydrogens is 347 g/mol. The first-order chi connectivity index (χ1) is 9.28. The molecule has 0 radical (unpaired) electrons. The van der Waals surface area contributed by atoms with Gasteiger partial charge < -0.3 is 5.73 Å². The molecule has 0 heterocycles. The lowest BCUT2D eigenvalue weighted by molar-refractivity contribution is 0.598. The van der Waals surface area contributed by atoms with Crippen molar-refractivity contribution in [3.05, 3.63) is 52.3 Å². The van der Waals surface area contributed by atoms with Crippen molar-refractivity contribution in [2.75, 3.05) is 10.5 Å². The molecule has 0 saturated heterocycles. The van der Waals surface area contributed by atoms with Crippen LogP contribution in [0.2, 0.25) is 0 Å². The summed E-state index contributed by atoms with van der Waals surface area (Å²) in [7, 11) is -3.88. The SMILES string of the molecule is Cc1cc(N)cc(S(=O)(=O)Nc2ccc(Br)cc2F)c1. The maximum atomic E-state index is 13.7. The molecule has 20 heavy (non-hydrogen) atoms. The first kappa shape index (κ1) is 14.8. The maximum absolute atomic E-state index is 13.7. The van der Waals surface area contributed by atoms with Crippen molar-refractivity contribution in [3.8, 4) is 0 Å². The van der Waals surface area contributed by atoms with Crippen molar-refractivity contribution >= 4 is 37.3 Å². The minimum absolute atomic E-state index is 0.00248. The lowest BCUT2D eigenvalue weighted by Crippen LogP contribution is -2.14. The van der Waals surface area contributed by atoms with Crippen LogP contribution in [0.25, 0.3) is 0 Å². The number of hydrogen-bond donors (Lipinski definition) is 2. The Hall–Kier alpha value is -1.60. The van der Waals surface area contributed by atoms with E-state index < -0.39 is 15.8 Å². The molecule has 0 bridgehead atoms. The van der Waals surface area contributed by atoms with E-state index in [2.05, 4.69) is 20.7 Å². The van der Waals surface area contributed by atoms with Gasteiger partial charge in [0.25, 0.3) is 10.0 Å². The monoisotopic (exact) mass is 358 g/mol. The highest BCUT2D eigenvalue weighted by Gasteiger charge is 2.17. The van der Waals surface area contributed by atoms with Crippen molar-refractivity contribution in [1.29, 1.82) is 0 Å². The van der Waals surface area contributed by atoms with Gasteiger partial charge in [-0.15, -0.1) is 0 Å². The van der Waals surface area contributed by atoms with Crippen molar-refractivity contribution < 1.29 is 12.8 Å². The van der Waals surface area contributed by atoms with E-state index in [1.165, 1.54) is 24.3 Å². The Kier molecular flexibility index (Phi) is 4.01. The summed E-state index contributed by atoms with van der Waals surface area (Å²) in [4.78, 5) is -0.00248. The van der Waals surface area contributed by atoms with Crippen LogP contribution in [0.4, 0.5) is 15.8 Å². The van der Waals surface area contributed by atoms with Gasteiger partial charge in [0.2, 0.25) is 0 Å². The molecule has 2 aromatic carbocycles. The van der Waals surface area contributed by atoms with E-state index in [1.807, 2.05) is 0 Å². The zero-order valence-corrected chi connectivity index (χ0v) is 12.9. The van der Waals surface area contributed by atoms with Crippen molar-refractivity contribution in [1.82, 2.24) is 0 Å². The Morgan fingerprint density at radius 1 is 1.20 bits per heavy atom. The van der Waals surface area contributed by atoms with Crippen molar-refractivity contribution in [3.63, 3.8) is 0 Å². The molecule has 2 aromatic rings. The number of aryl methyl sites for hydroxylation is 1. The van der Waals surface area contributed by atoms with E-state index in [-0.39, 0.29) is 10.6 Å². The van der Waals surface area contributed by atoms with Crippen molar-refractivity contribution in [2.45, 2.75) is 11.8 Å². The van der Waals surface area contributed by atoms with Crippen molar-refractivity contribution in [2.24, 2.45) is 0 Å². The quantitative estimate of drug-likeness (QED) is 0.827. The Morgan fingerprint density at radius 3 is 2.50 bits per heavy atom. The summed E-state index contributed by atoms with van der Waals surface area (Å²) >= 11 is 3.11. The van der Waals surface area contributed by atoms with Gasteiger partial charge in [0, 0.05) is 10.2 Å². The van der Waals surface area contributed by atoms with E-state index in [1.54, 1.807) is 19.1 Å². The number of anilines is 2. The van der Waals surface area contributed by atoms with Gasteiger partial charge in [-0.05, 0) is 48.9 Å². The van der Waals surface area contributed by atoms with Gasteiger partial charge in [-0.1, -0.05) is 15.9 Å². The second kappa shape index (κ2) is 5.41. The highest BCUT2D eigenvalue weighted by molar-refractivity contribution is 9.10. The van der Waals surface area contributed by atoms with Gasteiger partial charge in [-0.25, -0.2) is 12.8 Å². The molecule has 0 unspecified atom stereocenters. The molecule has 106 valence electrons. The topological polar surface area (TPSA) is 72.2 Å². The summed E-state index contributed by atoms with van der Waals surface area (Å²) in [6.07, 6.45) is 0. The fraction of sp³-hybridized carbons (Fsp3) is 0.0769. The van der Waals surface area contributed by atoms with Crippen LogP contribution in [-0.2, 0) is 10.0 Å². The minimum atomic E-state index is -3.88. The number of nitrogens with two attached hydrogens (primary N) is 1. The van der Waals surface area contributed by atoms with Gasteiger partial charge >= 0.3 is 0 Å². The van der Waals surface area contributed by atoms with Crippen LogP contribution in [0, 0.1) is 12.7 Å². The normalized spacial score (nSPS) is 11.3. The number of sulfonamides is 1. The summed E-state index contributed by atoms with van der Waals surface area (Å²) < 4.78 is 40.8. The Morgan fingerprint density at radius 2 is 1.90 bits per heavy atom. The fourth-order valence-corrected chi connectivity index (χ4v) is 3.25. The summed E-state index contributed by atoms with van der Waals surface area (Å²) in [5.74, 6) is -0.663. The van der Waals surface area contributed by atoms with E-state index in [0.717, 1.165) is 0 Å². The van der Waals surface area contributed by atoms with E-state index in [9.17, 15) is 12.8 Å². The summed E-state index contributed by atoms with van der Waals surface area (Å²) in [6.45, 7) is 1.73. The number of rotatable bonds is 3. The molecule has 0 aromatic heterocycles. The predicted octanol–water partition coefficient (Wildman–Crippen LogP) is 3.28. The Labute approximate surface area is 125 Å². The fourth-order valence-electron chi connectivity index (χ4n) is 1.71. The number of benzene rings is 2. The standard InChI is InChI=1S/C13H12BrFN2O2S/c1-8-4-10(16)7-11(5-8)20(18,19)17-13-3-2-9(14)6-12(13)15/h2-7,17H,16H2,1H3. The largest absolute Gasteiger partial charge is 0.399 e. The molecule has 0 saturated carbocycles. The molecule has 0 atom stereocenters. The Bertz CT molecular complexity index is 743. The molecule has 7 heteroatoms.